The lowest BCUT2D eigenvalue weighted by Crippen LogP contribution is -2.13. The fraction of sp³-hybridized carbons (Fsp3) is 0.239. The number of aliphatic imine (C=N–C) groups is 2. The number of nitrogens with zero attached hydrogens (tertiary/aromatic N) is 3. The molecule has 0 spiro atoms. The number of hydrogen-bond acceptors (Lipinski definition) is 3. The fourth-order valence-corrected chi connectivity index (χ4v) is 7.44. The van der Waals surface area contributed by atoms with Crippen LogP contribution in [0.5, 0.6) is 0 Å². The summed E-state index contributed by atoms with van der Waals surface area (Å²) in [6.45, 7) is 9.16. The number of para-hydroxylation sites is 1. The summed E-state index contributed by atoms with van der Waals surface area (Å²) in [6.07, 6.45) is 24.4. The number of pyridine rings is 1. The van der Waals surface area contributed by atoms with Crippen molar-refractivity contribution < 1.29 is 0 Å². The number of rotatable bonds is 10. The van der Waals surface area contributed by atoms with Crippen LogP contribution < -0.4 is 0 Å². The van der Waals surface area contributed by atoms with E-state index in [2.05, 4.69) is 147 Å². The van der Waals surface area contributed by atoms with E-state index in [9.17, 15) is 0 Å². The van der Waals surface area contributed by atoms with Gasteiger partial charge in [0.15, 0.2) is 0 Å². The number of aromatic nitrogens is 1. The molecule has 1 aromatic heterocycles. The van der Waals surface area contributed by atoms with Crippen LogP contribution in [0.4, 0.5) is 0 Å². The van der Waals surface area contributed by atoms with Crippen LogP contribution in [0.25, 0.3) is 27.6 Å². The second-order valence-electron chi connectivity index (χ2n) is 13.4. The SMILES string of the molecule is C=NC(CC(=NCC1C=CC(C2=CCCC(c3nc4ccccc4c(-c4ccccc4C)c3C)=C2)=CC1)C1=CC=CCC1)c1ccccc1. The zero-order chi connectivity index (χ0) is 33.6. The van der Waals surface area contributed by atoms with Gasteiger partial charge in [0.2, 0.25) is 0 Å². The van der Waals surface area contributed by atoms with Crippen molar-refractivity contribution in [1.29, 1.82) is 0 Å². The predicted octanol–water partition coefficient (Wildman–Crippen LogP) is 11.7. The highest BCUT2D eigenvalue weighted by atomic mass is 14.8. The van der Waals surface area contributed by atoms with Crippen molar-refractivity contribution in [1.82, 2.24) is 4.98 Å². The molecule has 3 nitrogen and oxygen atoms in total. The minimum Gasteiger partial charge on any atom is -0.292 e. The van der Waals surface area contributed by atoms with E-state index in [0.717, 1.165) is 56.3 Å². The first-order valence-corrected chi connectivity index (χ1v) is 17.7. The molecule has 3 aliphatic rings. The third kappa shape index (κ3) is 7.17. The highest BCUT2D eigenvalue weighted by molar-refractivity contribution is 6.01. The Morgan fingerprint density at radius 2 is 1.71 bits per heavy atom. The summed E-state index contributed by atoms with van der Waals surface area (Å²) in [5.74, 6) is 0.374. The standard InChI is InChI=1S/C46H45N3/c1-32-15-10-11-22-40(32)45-33(2)46(49-42-24-13-12-23-41(42)45)39-21-14-20-38(29-39)35-27-25-34(26-28-35)31-48-44(37-18-8-5-9-19-37)30-43(47-3)36-16-6-4-7-17-36/h4-8,10-13,15-18,20,22-25,27-29,34,43H,3,9,14,19,21,26,30-31H2,1-2H3. The molecule has 0 amide bonds. The molecule has 0 bridgehead atoms. The maximum Gasteiger partial charge on any atom is 0.0797 e. The Hall–Kier alpha value is -5.15. The van der Waals surface area contributed by atoms with E-state index in [1.807, 2.05) is 6.07 Å². The first-order chi connectivity index (χ1) is 24.1. The summed E-state index contributed by atoms with van der Waals surface area (Å²) in [6, 6.07) is 27.8. The van der Waals surface area contributed by atoms with Gasteiger partial charge in [0.25, 0.3) is 0 Å². The van der Waals surface area contributed by atoms with Gasteiger partial charge in [0, 0.05) is 30.0 Å². The van der Waals surface area contributed by atoms with Gasteiger partial charge in [0.1, 0.15) is 0 Å². The van der Waals surface area contributed by atoms with Crippen LogP contribution in [0.3, 0.4) is 0 Å². The van der Waals surface area contributed by atoms with E-state index < -0.39 is 0 Å². The average Bonchev–Trinajstić information content (AvgIpc) is 3.16. The number of fused-ring (bicyclic) bond motifs is 1. The number of aryl methyl sites for hydroxylation is 1. The molecule has 4 aromatic rings. The van der Waals surface area contributed by atoms with Gasteiger partial charge in [-0.25, -0.2) is 4.98 Å². The Morgan fingerprint density at radius 3 is 2.49 bits per heavy atom. The van der Waals surface area contributed by atoms with E-state index in [4.69, 9.17) is 9.98 Å². The lowest BCUT2D eigenvalue weighted by atomic mass is 9.85. The molecule has 0 N–H and O–H groups in total. The van der Waals surface area contributed by atoms with Crippen LogP contribution in [0, 0.1) is 19.8 Å². The van der Waals surface area contributed by atoms with Crippen LogP contribution in [-0.4, -0.2) is 24.0 Å². The van der Waals surface area contributed by atoms with Gasteiger partial charge in [-0.15, -0.1) is 0 Å². The molecule has 3 aliphatic carbocycles. The van der Waals surface area contributed by atoms with Crippen molar-refractivity contribution in [2.45, 2.75) is 58.4 Å². The summed E-state index contributed by atoms with van der Waals surface area (Å²) < 4.78 is 0. The normalized spacial score (nSPS) is 18.4. The third-order valence-electron chi connectivity index (χ3n) is 10.2. The summed E-state index contributed by atoms with van der Waals surface area (Å²) in [5, 5.41) is 1.22. The van der Waals surface area contributed by atoms with Crippen molar-refractivity contribution in [2.24, 2.45) is 15.9 Å². The van der Waals surface area contributed by atoms with Crippen molar-refractivity contribution in [3.63, 3.8) is 0 Å². The minimum atomic E-state index is 0.00731. The number of hydrogen-bond donors (Lipinski definition) is 0. The highest BCUT2D eigenvalue weighted by Crippen LogP contribution is 2.39. The Labute approximate surface area is 291 Å². The predicted molar refractivity (Wildman–Crippen MR) is 209 cm³/mol. The lowest BCUT2D eigenvalue weighted by molar-refractivity contribution is 0.662. The van der Waals surface area contributed by atoms with E-state index >= 15 is 0 Å². The topological polar surface area (TPSA) is 37.6 Å². The minimum absolute atomic E-state index is 0.00731. The van der Waals surface area contributed by atoms with Crippen molar-refractivity contribution in [2.75, 3.05) is 6.54 Å². The van der Waals surface area contributed by atoms with Crippen LogP contribution in [-0.2, 0) is 0 Å². The van der Waals surface area contributed by atoms with Gasteiger partial charge in [0.05, 0.1) is 17.3 Å². The van der Waals surface area contributed by atoms with Gasteiger partial charge in [-0.3, -0.25) is 9.98 Å². The quantitative estimate of drug-likeness (QED) is 0.159. The van der Waals surface area contributed by atoms with Crippen LogP contribution in [0.2, 0.25) is 0 Å². The second-order valence-corrected chi connectivity index (χ2v) is 13.4. The average molecular weight is 640 g/mol. The molecule has 2 atom stereocenters. The molecule has 2 unspecified atom stereocenters. The Balaban J connectivity index is 1.11. The Morgan fingerprint density at radius 1 is 0.898 bits per heavy atom. The molecule has 0 aliphatic heterocycles. The smallest absolute Gasteiger partial charge is 0.0797 e. The van der Waals surface area contributed by atoms with Crippen molar-refractivity contribution >= 4 is 28.9 Å². The first kappa shape index (κ1) is 32.4. The maximum atomic E-state index is 5.26. The Kier molecular flexibility index (Phi) is 9.89. The van der Waals surface area contributed by atoms with Gasteiger partial charge in [-0.1, -0.05) is 115 Å². The van der Waals surface area contributed by atoms with E-state index in [1.165, 1.54) is 61.2 Å². The number of benzene rings is 3. The van der Waals surface area contributed by atoms with Gasteiger partial charge < -0.3 is 0 Å². The highest BCUT2D eigenvalue weighted by Gasteiger charge is 2.21. The third-order valence-corrected chi connectivity index (χ3v) is 10.2. The van der Waals surface area contributed by atoms with Crippen LogP contribution >= 0.6 is 0 Å². The summed E-state index contributed by atoms with van der Waals surface area (Å²) in [7, 11) is 0. The lowest BCUT2D eigenvalue weighted by Gasteiger charge is -2.22. The van der Waals surface area contributed by atoms with E-state index in [1.54, 1.807) is 0 Å². The molecule has 49 heavy (non-hydrogen) atoms. The molecule has 3 heteroatoms. The fourth-order valence-electron chi connectivity index (χ4n) is 7.44. The summed E-state index contributed by atoms with van der Waals surface area (Å²) in [5.41, 5.74) is 14.9. The molecule has 1 heterocycles. The van der Waals surface area contributed by atoms with Crippen LogP contribution in [0.15, 0.2) is 154 Å². The zero-order valence-corrected chi connectivity index (χ0v) is 28.8. The van der Waals surface area contributed by atoms with Crippen molar-refractivity contribution in [3.05, 3.63) is 167 Å². The van der Waals surface area contributed by atoms with Gasteiger partial charge >= 0.3 is 0 Å². The zero-order valence-electron chi connectivity index (χ0n) is 28.8. The van der Waals surface area contributed by atoms with E-state index in [0.29, 0.717) is 5.92 Å². The molecule has 0 saturated carbocycles. The maximum absolute atomic E-state index is 5.26. The number of allylic oxidation sites excluding steroid dienone is 11. The molecule has 0 saturated heterocycles. The summed E-state index contributed by atoms with van der Waals surface area (Å²) >= 11 is 0. The van der Waals surface area contributed by atoms with Crippen molar-refractivity contribution in [3.8, 4) is 11.1 Å². The van der Waals surface area contributed by atoms with E-state index in [-0.39, 0.29) is 6.04 Å². The molecular weight excluding hydrogens is 595 g/mol. The molecular formula is C46H45N3. The summed E-state index contributed by atoms with van der Waals surface area (Å²) in [4.78, 5) is 15.0. The monoisotopic (exact) mass is 639 g/mol. The second kappa shape index (κ2) is 15.0. The largest absolute Gasteiger partial charge is 0.292 e. The molecule has 0 fully saturated rings. The molecule has 7 rings (SSSR count). The van der Waals surface area contributed by atoms with Crippen LogP contribution in [0.1, 0.15) is 67.0 Å². The Bertz CT molecular complexity index is 2080. The molecule has 0 radical (unpaired) electrons. The first-order valence-electron chi connectivity index (χ1n) is 17.7. The van der Waals surface area contributed by atoms with Gasteiger partial charge in [-0.05, 0) is 115 Å². The van der Waals surface area contributed by atoms with Gasteiger partial charge in [-0.2, -0.15) is 0 Å². The molecule has 3 aromatic carbocycles. The molecule has 244 valence electrons.